The standard InChI is InChI=1S/C12H19N5O2S/c1-3-17-11(8-4-5-8)15-16-12(17)20-7-10(19)14-6-9(18)13-2/h8H,3-7H2,1-2H3,(H,13,18)(H,14,19). The highest BCUT2D eigenvalue weighted by Crippen LogP contribution is 2.39. The van der Waals surface area contributed by atoms with Crippen molar-refractivity contribution in [3.8, 4) is 0 Å². The maximum absolute atomic E-state index is 11.6. The maximum Gasteiger partial charge on any atom is 0.239 e. The van der Waals surface area contributed by atoms with Crippen LogP contribution < -0.4 is 10.6 Å². The smallest absolute Gasteiger partial charge is 0.239 e. The van der Waals surface area contributed by atoms with Gasteiger partial charge in [-0.1, -0.05) is 11.8 Å². The molecule has 1 aromatic rings. The summed E-state index contributed by atoms with van der Waals surface area (Å²) in [5, 5.41) is 14.1. The Kier molecular flexibility index (Phi) is 4.99. The second kappa shape index (κ2) is 6.74. The number of hydrogen-bond acceptors (Lipinski definition) is 5. The Hall–Kier alpha value is -1.57. The Morgan fingerprint density at radius 2 is 2.10 bits per heavy atom. The summed E-state index contributed by atoms with van der Waals surface area (Å²) >= 11 is 1.35. The molecule has 20 heavy (non-hydrogen) atoms. The zero-order valence-corrected chi connectivity index (χ0v) is 12.5. The molecular weight excluding hydrogens is 278 g/mol. The van der Waals surface area contributed by atoms with Crippen LogP contribution in [0.5, 0.6) is 0 Å². The molecule has 0 unspecified atom stereocenters. The highest BCUT2D eigenvalue weighted by Gasteiger charge is 2.30. The van der Waals surface area contributed by atoms with Gasteiger partial charge >= 0.3 is 0 Å². The zero-order valence-electron chi connectivity index (χ0n) is 11.7. The molecule has 1 aliphatic carbocycles. The summed E-state index contributed by atoms with van der Waals surface area (Å²) in [6, 6.07) is 0. The summed E-state index contributed by atoms with van der Waals surface area (Å²) in [7, 11) is 1.53. The topological polar surface area (TPSA) is 88.9 Å². The van der Waals surface area contributed by atoms with Crippen molar-refractivity contribution in [2.45, 2.75) is 37.4 Å². The predicted molar refractivity (Wildman–Crippen MR) is 75.5 cm³/mol. The number of amides is 2. The number of carbonyl (C=O) groups is 2. The van der Waals surface area contributed by atoms with Gasteiger partial charge < -0.3 is 15.2 Å². The minimum atomic E-state index is -0.212. The highest BCUT2D eigenvalue weighted by atomic mass is 32.2. The first-order chi connectivity index (χ1) is 9.65. The van der Waals surface area contributed by atoms with Crippen LogP contribution in [0.15, 0.2) is 5.16 Å². The molecule has 8 heteroatoms. The van der Waals surface area contributed by atoms with Crippen molar-refractivity contribution in [1.29, 1.82) is 0 Å². The largest absolute Gasteiger partial charge is 0.358 e. The molecule has 0 spiro atoms. The first kappa shape index (κ1) is 14.8. The van der Waals surface area contributed by atoms with E-state index in [2.05, 4.69) is 25.4 Å². The van der Waals surface area contributed by atoms with Gasteiger partial charge in [0.2, 0.25) is 11.8 Å². The van der Waals surface area contributed by atoms with Crippen LogP contribution in [0.4, 0.5) is 0 Å². The van der Waals surface area contributed by atoms with Crippen LogP contribution in [-0.4, -0.2) is 45.9 Å². The van der Waals surface area contributed by atoms with Crippen molar-refractivity contribution < 1.29 is 9.59 Å². The van der Waals surface area contributed by atoms with Crippen LogP contribution in [0.3, 0.4) is 0 Å². The van der Waals surface area contributed by atoms with Crippen molar-refractivity contribution >= 4 is 23.6 Å². The Balaban J connectivity index is 1.84. The molecule has 7 nitrogen and oxygen atoms in total. The third-order valence-corrected chi connectivity index (χ3v) is 4.03. The maximum atomic E-state index is 11.6. The summed E-state index contributed by atoms with van der Waals surface area (Å²) in [5.41, 5.74) is 0. The second-order valence-electron chi connectivity index (χ2n) is 4.60. The lowest BCUT2D eigenvalue weighted by molar-refractivity contribution is -0.124. The quantitative estimate of drug-likeness (QED) is 0.698. The number of likely N-dealkylation sites (N-methyl/N-ethyl adjacent to an activating group) is 1. The van der Waals surface area contributed by atoms with Gasteiger partial charge in [0.1, 0.15) is 5.82 Å². The fourth-order valence-electron chi connectivity index (χ4n) is 1.80. The lowest BCUT2D eigenvalue weighted by atomic mass is 10.4. The van der Waals surface area contributed by atoms with E-state index in [0.717, 1.165) is 17.5 Å². The van der Waals surface area contributed by atoms with Gasteiger partial charge in [0.05, 0.1) is 12.3 Å². The second-order valence-corrected chi connectivity index (χ2v) is 5.54. The van der Waals surface area contributed by atoms with E-state index < -0.39 is 0 Å². The lowest BCUT2D eigenvalue weighted by Crippen LogP contribution is -2.36. The number of hydrogen-bond donors (Lipinski definition) is 2. The Labute approximate surface area is 121 Å². The van der Waals surface area contributed by atoms with Crippen molar-refractivity contribution in [2.75, 3.05) is 19.3 Å². The van der Waals surface area contributed by atoms with E-state index in [1.54, 1.807) is 0 Å². The van der Waals surface area contributed by atoms with Crippen molar-refractivity contribution in [2.24, 2.45) is 0 Å². The van der Waals surface area contributed by atoms with E-state index >= 15 is 0 Å². The molecule has 0 aromatic carbocycles. The summed E-state index contributed by atoms with van der Waals surface area (Å²) in [5.74, 6) is 1.41. The van der Waals surface area contributed by atoms with Gasteiger partial charge in [0.25, 0.3) is 0 Å². The lowest BCUT2D eigenvalue weighted by Gasteiger charge is -2.06. The summed E-state index contributed by atoms with van der Waals surface area (Å²) in [6.07, 6.45) is 2.35. The van der Waals surface area contributed by atoms with Gasteiger partial charge in [-0.3, -0.25) is 9.59 Å². The molecule has 1 fully saturated rings. The monoisotopic (exact) mass is 297 g/mol. The summed E-state index contributed by atoms with van der Waals surface area (Å²) in [4.78, 5) is 22.6. The van der Waals surface area contributed by atoms with Crippen molar-refractivity contribution in [3.63, 3.8) is 0 Å². The Bertz CT molecular complexity index is 498. The molecule has 0 bridgehead atoms. The average Bonchev–Trinajstić information content (AvgIpc) is 3.22. The van der Waals surface area contributed by atoms with Gasteiger partial charge in [0, 0.05) is 19.5 Å². The van der Waals surface area contributed by atoms with E-state index in [-0.39, 0.29) is 24.1 Å². The third-order valence-electron chi connectivity index (χ3n) is 3.06. The molecule has 1 aromatic heterocycles. The van der Waals surface area contributed by atoms with E-state index in [1.165, 1.54) is 31.7 Å². The van der Waals surface area contributed by atoms with Crippen LogP contribution in [0.2, 0.25) is 0 Å². The molecule has 2 amide bonds. The Morgan fingerprint density at radius 1 is 1.35 bits per heavy atom. The number of thioether (sulfide) groups is 1. The first-order valence-corrected chi connectivity index (χ1v) is 7.67. The SMILES string of the molecule is CCn1c(SCC(=O)NCC(=O)NC)nnc1C1CC1. The number of aromatic nitrogens is 3. The van der Waals surface area contributed by atoms with Gasteiger partial charge in [-0.05, 0) is 19.8 Å². The summed E-state index contributed by atoms with van der Waals surface area (Å²) in [6.45, 7) is 2.86. The van der Waals surface area contributed by atoms with Crippen LogP contribution in [0.1, 0.15) is 31.5 Å². The molecule has 0 saturated heterocycles. The third kappa shape index (κ3) is 3.72. The van der Waals surface area contributed by atoms with E-state index in [0.29, 0.717) is 5.92 Å². The predicted octanol–water partition coefficient (Wildman–Crippen LogP) is 0.130. The average molecular weight is 297 g/mol. The number of carbonyl (C=O) groups excluding carboxylic acids is 2. The van der Waals surface area contributed by atoms with Gasteiger partial charge in [-0.2, -0.15) is 0 Å². The molecule has 2 rings (SSSR count). The van der Waals surface area contributed by atoms with Crippen molar-refractivity contribution in [1.82, 2.24) is 25.4 Å². The molecule has 110 valence electrons. The number of rotatable bonds is 7. The highest BCUT2D eigenvalue weighted by molar-refractivity contribution is 7.99. The fourth-order valence-corrected chi connectivity index (χ4v) is 2.64. The summed E-state index contributed by atoms with van der Waals surface area (Å²) < 4.78 is 2.06. The van der Waals surface area contributed by atoms with Crippen LogP contribution >= 0.6 is 11.8 Å². The molecule has 0 radical (unpaired) electrons. The van der Waals surface area contributed by atoms with Gasteiger partial charge in [0.15, 0.2) is 5.16 Å². The van der Waals surface area contributed by atoms with Crippen molar-refractivity contribution in [3.05, 3.63) is 5.82 Å². The molecular formula is C12H19N5O2S. The van der Waals surface area contributed by atoms with E-state index in [4.69, 9.17) is 0 Å². The minimum Gasteiger partial charge on any atom is -0.358 e. The van der Waals surface area contributed by atoms with Gasteiger partial charge in [-0.15, -0.1) is 10.2 Å². The Morgan fingerprint density at radius 3 is 2.70 bits per heavy atom. The fraction of sp³-hybridized carbons (Fsp3) is 0.667. The van der Waals surface area contributed by atoms with Crippen LogP contribution in [0, 0.1) is 0 Å². The molecule has 0 aliphatic heterocycles. The van der Waals surface area contributed by atoms with Crippen LogP contribution in [0.25, 0.3) is 0 Å². The van der Waals surface area contributed by atoms with Gasteiger partial charge in [-0.25, -0.2) is 0 Å². The van der Waals surface area contributed by atoms with E-state index in [9.17, 15) is 9.59 Å². The molecule has 0 atom stereocenters. The normalized spacial score (nSPS) is 14.1. The molecule has 1 heterocycles. The number of nitrogens with one attached hydrogen (secondary N) is 2. The minimum absolute atomic E-state index is 0.00366. The molecule has 2 N–H and O–H groups in total. The molecule has 1 saturated carbocycles. The first-order valence-electron chi connectivity index (χ1n) is 6.68. The van der Waals surface area contributed by atoms with Crippen LogP contribution in [-0.2, 0) is 16.1 Å². The number of nitrogens with zero attached hydrogens (tertiary/aromatic N) is 3. The zero-order chi connectivity index (χ0) is 14.5. The van der Waals surface area contributed by atoms with E-state index in [1.807, 2.05) is 6.92 Å². The molecule has 1 aliphatic rings.